The number of hydrogen-bond donors (Lipinski definition) is 1. The van der Waals surface area contributed by atoms with Gasteiger partial charge in [-0.15, -0.1) is 0 Å². The standard InChI is InChI=1S/C29H33ClFN3O4S/c1-5-21(3)32-29(36)22(4)33(18-23-11-14-25(31)15-12-23)28(35)19-34(27-16-13-24(30)17-20(27)2)39(37,38)26-9-7-6-8-10-26/h6-17,21-22H,5,18-19H2,1-4H3,(H,32,36)/t21-,22+/m0/s1. The number of rotatable bonds is 11. The van der Waals surface area contributed by atoms with Gasteiger partial charge in [-0.2, -0.15) is 0 Å². The lowest BCUT2D eigenvalue weighted by Gasteiger charge is -2.33. The molecule has 0 aliphatic carbocycles. The van der Waals surface area contributed by atoms with Gasteiger partial charge in [-0.3, -0.25) is 13.9 Å². The zero-order chi connectivity index (χ0) is 28.7. The average Bonchev–Trinajstić information content (AvgIpc) is 2.91. The van der Waals surface area contributed by atoms with Crippen LogP contribution in [0.3, 0.4) is 0 Å². The SMILES string of the molecule is CC[C@H](C)NC(=O)[C@@H](C)N(Cc1ccc(F)cc1)C(=O)CN(c1ccc(Cl)cc1C)S(=O)(=O)c1ccccc1. The molecule has 1 N–H and O–H groups in total. The molecule has 3 aromatic carbocycles. The maximum atomic E-state index is 13.9. The van der Waals surface area contributed by atoms with Gasteiger partial charge < -0.3 is 10.2 Å². The van der Waals surface area contributed by atoms with Crippen molar-refractivity contribution in [1.82, 2.24) is 10.2 Å². The summed E-state index contributed by atoms with van der Waals surface area (Å²) in [5, 5.41) is 3.30. The van der Waals surface area contributed by atoms with E-state index in [1.165, 1.54) is 41.3 Å². The van der Waals surface area contributed by atoms with E-state index in [1.54, 1.807) is 50.2 Å². The van der Waals surface area contributed by atoms with Crippen LogP contribution >= 0.6 is 11.6 Å². The molecule has 0 aliphatic rings. The highest BCUT2D eigenvalue weighted by molar-refractivity contribution is 7.92. The number of anilines is 1. The fraction of sp³-hybridized carbons (Fsp3) is 0.310. The Bertz CT molecular complexity index is 1400. The Labute approximate surface area is 234 Å². The van der Waals surface area contributed by atoms with E-state index in [2.05, 4.69) is 5.32 Å². The Morgan fingerprint density at radius 1 is 1.00 bits per heavy atom. The van der Waals surface area contributed by atoms with Gasteiger partial charge in [0.15, 0.2) is 0 Å². The zero-order valence-electron chi connectivity index (χ0n) is 22.4. The summed E-state index contributed by atoms with van der Waals surface area (Å²) in [5.41, 5.74) is 1.44. The van der Waals surface area contributed by atoms with Gasteiger partial charge in [0, 0.05) is 17.6 Å². The van der Waals surface area contributed by atoms with Crippen molar-refractivity contribution in [2.75, 3.05) is 10.8 Å². The summed E-state index contributed by atoms with van der Waals surface area (Å²) >= 11 is 6.13. The normalized spacial score (nSPS) is 12.9. The van der Waals surface area contributed by atoms with E-state index in [-0.39, 0.29) is 29.1 Å². The molecular formula is C29H33ClFN3O4S. The highest BCUT2D eigenvalue weighted by Gasteiger charge is 2.33. The smallest absolute Gasteiger partial charge is 0.264 e. The molecule has 0 saturated heterocycles. The van der Waals surface area contributed by atoms with Gasteiger partial charge in [-0.1, -0.05) is 48.9 Å². The lowest BCUT2D eigenvalue weighted by atomic mass is 10.1. The highest BCUT2D eigenvalue weighted by atomic mass is 35.5. The first kappa shape index (κ1) is 30.1. The van der Waals surface area contributed by atoms with Crippen molar-refractivity contribution in [3.8, 4) is 0 Å². The Kier molecular flexibility index (Phi) is 10.1. The third-order valence-electron chi connectivity index (χ3n) is 6.47. The van der Waals surface area contributed by atoms with Crippen LogP contribution in [0.5, 0.6) is 0 Å². The summed E-state index contributed by atoms with van der Waals surface area (Å²) < 4.78 is 42.2. The van der Waals surface area contributed by atoms with Crippen LogP contribution in [-0.4, -0.2) is 43.8 Å². The van der Waals surface area contributed by atoms with Crippen LogP contribution in [0.15, 0.2) is 77.7 Å². The van der Waals surface area contributed by atoms with Crippen LogP contribution < -0.4 is 9.62 Å². The van der Waals surface area contributed by atoms with Gasteiger partial charge >= 0.3 is 0 Å². The van der Waals surface area contributed by atoms with Crippen molar-refractivity contribution in [2.45, 2.75) is 57.6 Å². The molecule has 3 aromatic rings. The van der Waals surface area contributed by atoms with Crippen LogP contribution in [0, 0.1) is 12.7 Å². The van der Waals surface area contributed by atoms with Crippen LogP contribution in [0.4, 0.5) is 10.1 Å². The van der Waals surface area contributed by atoms with Crippen molar-refractivity contribution in [1.29, 1.82) is 0 Å². The Morgan fingerprint density at radius 3 is 2.23 bits per heavy atom. The van der Waals surface area contributed by atoms with Crippen LogP contribution in [0.2, 0.25) is 5.02 Å². The van der Waals surface area contributed by atoms with E-state index in [4.69, 9.17) is 11.6 Å². The van der Waals surface area contributed by atoms with Crippen molar-refractivity contribution in [3.63, 3.8) is 0 Å². The molecule has 3 rings (SSSR count). The third-order valence-corrected chi connectivity index (χ3v) is 8.48. The van der Waals surface area contributed by atoms with Gasteiger partial charge in [-0.25, -0.2) is 12.8 Å². The molecule has 0 spiro atoms. The predicted octanol–water partition coefficient (Wildman–Crippen LogP) is 5.31. The summed E-state index contributed by atoms with van der Waals surface area (Å²) in [5.74, 6) is -1.41. The van der Waals surface area contributed by atoms with Crippen molar-refractivity contribution in [3.05, 3.63) is 94.8 Å². The molecule has 0 bridgehead atoms. The Morgan fingerprint density at radius 2 is 1.64 bits per heavy atom. The van der Waals surface area contributed by atoms with Crippen molar-refractivity contribution >= 4 is 39.1 Å². The molecule has 39 heavy (non-hydrogen) atoms. The Balaban J connectivity index is 2.04. The van der Waals surface area contributed by atoms with Crippen molar-refractivity contribution < 1.29 is 22.4 Å². The van der Waals surface area contributed by atoms with Crippen molar-refractivity contribution in [2.24, 2.45) is 0 Å². The number of nitrogens with zero attached hydrogens (tertiary/aromatic N) is 2. The molecule has 7 nitrogen and oxygen atoms in total. The maximum absolute atomic E-state index is 13.9. The fourth-order valence-corrected chi connectivity index (χ4v) is 5.69. The summed E-state index contributed by atoms with van der Waals surface area (Å²) in [6.07, 6.45) is 0.698. The molecule has 0 aromatic heterocycles. The lowest BCUT2D eigenvalue weighted by Crippen LogP contribution is -2.52. The monoisotopic (exact) mass is 573 g/mol. The molecule has 2 amide bonds. The first-order valence-electron chi connectivity index (χ1n) is 12.6. The van der Waals surface area contributed by atoms with E-state index in [9.17, 15) is 22.4 Å². The minimum absolute atomic E-state index is 0.0137. The van der Waals surface area contributed by atoms with Crippen LogP contribution in [-0.2, 0) is 26.2 Å². The second-order valence-electron chi connectivity index (χ2n) is 9.40. The number of halogens is 2. The van der Waals surface area contributed by atoms with E-state index in [0.717, 1.165) is 4.31 Å². The Hall–Kier alpha value is -3.43. The zero-order valence-corrected chi connectivity index (χ0v) is 24.0. The number of amides is 2. The van der Waals surface area contributed by atoms with E-state index in [0.29, 0.717) is 22.6 Å². The minimum atomic E-state index is -4.17. The summed E-state index contributed by atoms with van der Waals surface area (Å²) in [4.78, 5) is 28.3. The fourth-order valence-electron chi connectivity index (χ4n) is 3.97. The van der Waals surface area contributed by atoms with Gasteiger partial charge in [0.05, 0.1) is 10.6 Å². The van der Waals surface area contributed by atoms with Gasteiger partial charge in [0.1, 0.15) is 18.4 Å². The van der Waals surface area contributed by atoms with Gasteiger partial charge in [-0.05, 0) is 80.8 Å². The molecule has 10 heteroatoms. The molecule has 0 unspecified atom stereocenters. The number of benzene rings is 3. The first-order chi connectivity index (χ1) is 18.4. The molecule has 2 atom stereocenters. The van der Waals surface area contributed by atoms with E-state index >= 15 is 0 Å². The summed E-state index contributed by atoms with van der Waals surface area (Å²) in [6, 6.07) is 17.1. The summed E-state index contributed by atoms with van der Waals surface area (Å²) in [6.45, 7) is 6.49. The topological polar surface area (TPSA) is 86.8 Å². The molecule has 0 fully saturated rings. The van der Waals surface area contributed by atoms with E-state index in [1.807, 2.05) is 13.8 Å². The molecule has 0 heterocycles. The third kappa shape index (κ3) is 7.58. The highest BCUT2D eigenvalue weighted by Crippen LogP contribution is 2.29. The number of nitrogens with one attached hydrogen (secondary N) is 1. The quantitative estimate of drug-likeness (QED) is 0.337. The number of sulfonamides is 1. The van der Waals surface area contributed by atoms with E-state index < -0.39 is 34.3 Å². The number of carbonyl (C=O) groups is 2. The predicted molar refractivity (Wildman–Crippen MR) is 151 cm³/mol. The molecule has 0 saturated carbocycles. The van der Waals surface area contributed by atoms with Crippen LogP contribution in [0.1, 0.15) is 38.3 Å². The number of aryl methyl sites for hydroxylation is 1. The number of carbonyl (C=O) groups excluding carboxylic acids is 2. The second kappa shape index (κ2) is 13.1. The van der Waals surface area contributed by atoms with Gasteiger partial charge in [0.2, 0.25) is 11.8 Å². The molecule has 0 radical (unpaired) electrons. The molecular weight excluding hydrogens is 541 g/mol. The van der Waals surface area contributed by atoms with Crippen LogP contribution in [0.25, 0.3) is 0 Å². The molecule has 208 valence electrons. The summed E-state index contributed by atoms with van der Waals surface area (Å²) in [7, 11) is -4.17. The van der Waals surface area contributed by atoms with Gasteiger partial charge in [0.25, 0.3) is 10.0 Å². The lowest BCUT2D eigenvalue weighted by molar-refractivity contribution is -0.139. The second-order valence-corrected chi connectivity index (χ2v) is 11.7. The maximum Gasteiger partial charge on any atom is 0.264 e. The minimum Gasteiger partial charge on any atom is -0.352 e. The largest absolute Gasteiger partial charge is 0.352 e. The average molecular weight is 574 g/mol. The first-order valence-corrected chi connectivity index (χ1v) is 14.4. The number of hydrogen-bond acceptors (Lipinski definition) is 4. The molecule has 0 aliphatic heterocycles.